The highest BCUT2D eigenvalue weighted by Crippen LogP contribution is 2.18. The van der Waals surface area contributed by atoms with Crippen LogP contribution in [0.25, 0.3) is 0 Å². The Kier molecular flexibility index (Phi) is 3.21. The molecule has 0 atom stereocenters. The summed E-state index contributed by atoms with van der Waals surface area (Å²) < 4.78 is 0. The van der Waals surface area contributed by atoms with Crippen LogP contribution in [0, 0.1) is 0 Å². The maximum atomic E-state index is 4.57. The number of rotatable bonds is 4. The minimum absolute atomic E-state index is 0.731. The molecule has 1 heterocycles. The van der Waals surface area contributed by atoms with Crippen molar-refractivity contribution in [3.8, 4) is 0 Å². The van der Waals surface area contributed by atoms with Crippen molar-refractivity contribution >= 4 is 5.82 Å². The summed E-state index contributed by atoms with van der Waals surface area (Å²) in [5.74, 6) is 1.03. The van der Waals surface area contributed by atoms with Crippen molar-refractivity contribution in [2.45, 2.75) is 31.8 Å². The normalized spacial score (nSPS) is 16.1. The first kappa shape index (κ1) is 10.4. The zero-order chi connectivity index (χ0) is 10.7. The largest absolute Gasteiger partial charge is 0.363 e. The number of hydrogen-bond donors (Lipinski definition) is 1. The van der Waals surface area contributed by atoms with Crippen molar-refractivity contribution in [1.82, 2.24) is 10.3 Å². The highest BCUT2D eigenvalue weighted by molar-refractivity contribution is 5.36. The lowest BCUT2D eigenvalue weighted by Gasteiger charge is -2.26. The molecule has 1 N–H and O–H groups in total. The fourth-order valence-electron chi connectivity index (χ4n) is 1.68. The molecule has 15 heavy (non-hydrogen) atoms. The van der Waals surface area contributed by atoms with E-state index in [4.69, 9.17) is 0 Å². The van der Waals surface area contributed by atoms with E-state index in [1.165, 1.54) is 19.3 Å². The van der Waals surface area contributed by atoms with Crippen LogP contribution in [0.5, 0.6) is 0 Å². The van der Waals surface area contributed by atoms with E-state index in [1.54, 1.807) is 0 Å². The Labute approximate surface area is 91.5 Å². The summed E-state index contributed by atoms with van der Waals surface area (Å²) in [7, 11) is 4.04. The van der Waals surface area contributed by atoms with Gasteiger partial charge in [-0.25, -0.2) is 4.98 Å². The Bertz CT molecular complexity index is 318. The SMILES string of the molecule is CN(C)c1cccc(CNC2CCC2)n1. The van der Waals surface area contributed by atoms with Gasteiger partial charge < -0.3 is 10.2 Å². The van der Waals surface area contributed by atoms with Crippen molar-refractivity contribution in [2.24, 2.45) is 0 Å². The lowest BCUT2D eigenvalue weighted by Crippen LogP contribution is -2.34. The Morgan fingerprint density at radius 3 is 2.80 bits per heavy atom. The van der Waals surface area contributed by atoms with Crippen molar-refractivity contribution < 1.29 is 0 Å². The van der Waals surface area contributed by atoms with Crippen LogP contribution in [0.4, 0.5) is 5.82 Å². The van der Waals surface area contributed by atoms with Gasteiger partial charge >= 0.3 is 0 Å². The zero-order valence-electron chi connectivity index (χ0n) is 9.53. The van der Waals surface area contributed by atoms with Gasteiger partial charge in [0.05, 0.1) is 5.69 Å². The second kappa shape index (κ2) is 4.62. The summed E-state index contributed by atoms with van der Waals surface area (Å²) in [6.07, 6.45) is 4.03. The zero-order valence-corrected chi connectivity index (χ0v) is 9.53. The smallest absolute Gasteiger partial charge is 0.128 e. The molecule has 1 aromatic rings. The van der Waals surface area contributed by atoms with Crippen molar-refractivity contribution in [3.63, 3.8) is 0 Å². The van der Waals surface area contributed by atoms with Crippen LogP contribution in [-0.4, -0.2) is 25.1 Å². The molecule has 82 valence electrons. The molecule has 1 fully saturated rings. The van der Waals surface area contributed by atoms with Crippen LogP contribution in [0.2, 0.25) is 0 Å². The van der Waals surface area contributed by atoms with Gasteiger partial charge in [0.15, 0.2) is 0 Å². The number of nitrogens with zero attached hydrogens (tertiary/aromatic N) is 2. The molecule has 1 aliphatic rings. The minimum Gasteiger partial charge on any atom is -0.363 e. The number of anilines is 1. The Hall–Kier alpha value is -1.09. The Balaban J connectivity index is 1.92. The lowest BCUT2D eigenvalue weighted by atomic mass is 9.93. The van der Waals surface area contributed by atoms with E-state index < -0.39 is 0 Å². The Morgan fingerprint density at radius 2 is 2.20 bits per heavy atom. The van der Waals surface area contributed by atoms with Crippen molar-refractivity contribution in [2.75, 3.05) is 19.0 Å². The third-order valence-corrected chi connectivity index (χ3v) is 2.93. The molecule has 0 amide bonds. The van der Waals surface area contributed by atoms with Gasteiger partial charge in [-0.1, -0.05) is 12.5 Å². The maximum absolute atomic E-state index is 4.57. The molecule has 1 aliphatic carbocycles. The highest BCUT2D eigenvalue weighted by atomic mass is 15.1. The predicted octanol–water partition coefficient (Wildman–Crippen LogP) is 1.79. The van der Waals surface area contributed by atoms with E-state index in [0.29, 0.717) is 0 Å². The summed E-state index contributed by atoms with van der Waals surface area (Å²) in [6.45, 7) is 0.895. The fourth-order valence-corrected chi connectivity index (χ4v) is 1.68. The molecule has 1 aromatic heterocycles. The van der Waals surface area contributed by atoms with Crippen LogP contribution >= 0.6 is 0 Å². The van der Waals surface area contributed by atoms with Gasteiger partial charge in [0.25, 0.3) is 0 Å². The van der Waals surface area contributed by atoms with E-state index in [1.807, 2.05) is 25.1 Å². The predicted molar refractivity (Wildman–Crippen MR) is 63.0 cm³/mol. The first-order chi connectivity index (χ1) is 7.25. The summed E-state index contributed by atoms with van der Waals surface area (Å²) in [5, 5.41) is 3.52. The summed E-state index contributed by atoms with van der Waals surface area (Å²) in [5.41, 5.74) is 1.13. The van der Waals surface area contributed by atoms with Crippen molar-refractivity contribution in [3.05, 3.63) is 23.9 Å². The lowest BCUT2D eigenvalue weighted by molar-refractivity contribution is 0.337. The average molecular weight is 205 g/mol. The minimum atomic E-state index is 0.731. The number of aromatic nitrogens is 1. The molecule has 0 aliphatic heterocycles. The molecular formula is C12H19N3. The standard InChI is InChI=1S/C12H19N3/c1-15(2)12-8-4-7-11(14-12)9-13-10-5-3-6-10/h4,7-8,10,13H,3,5-6,9H2,1-2H3. The second-order valence-electron chi connectivity index (χ2n) is 4.39. The molecule has 0 aromatic carbocycles. The summed E-state index contributed by atoms with van der Waals surface area (Å²) in [4.78, 5) is 6.60. The van der Waals surface area contributed by atoms with Gasteiger partial charge in [0, 0.05) is 26.7 Å². The van der Waals surface area contributed by atoms with Gasteiger partial charge in [-0.05, 0) is 25.0 Å². The van der Waals surface area contributed by atoms with E-state index in [9.17, 15) is 0 Å². The number of hydrogen-bond acceptors (Lipinski definition) is 3. The van der Waals surface area contributed by atoms with Crippen LogP contribution in [-0.2, 0) is 6.54 Å². The topological polar surface area (TPSA) is 28.2 Å². The van der Waals surface area contributed by atoms with Crippen LogP contribution in [0.3, 0.4) is 0 Å². The fraction of sp³-hybridized carbons (Fsp3) is 0.583. The molecule has 0 radical (unpaired) electrons. The van der Waals surface area contributed by atoms with E-state index in [2.05, 4.69) is 22.4 Å². The van der Waals surface area contributed by atoms with Gasteiger partial charge in [0.1, 0.15) is 5.82 Å². The average Bonchev–Trinajstić information content (AvgIpc) is 2.16. The molecule has 1 saturated carbocycles. The number of pyridine rings is 1. The van der Waals surface area contributed by atoms with Crippen LogP contribution in [0.15, 0.2) is 18.2 Å². The van der Waals surface area contributed by atoms with Gasteiger partial charge in [-0.3, -0.25) is 0 Å². The molecule has 0 saturated heterocycles. The summed E-state index contributed by atoms with van der Waals surface area (Å²) >= 11 is 0. The van der Waals surface area contributed by atoms with Crippen molar-refractivity contribution in [1.29, 1.82) is 0 Å². The maximum Gasteiger partial charge on any atom is 0.128 e. The van der Waals surface area contributed by atoms with Gasteiger partial charge in [-0.15, -0.1) is 0 Å². The molecule has 0 bridgehead atoms. The highest BCUT2D eigenvalue weighted by Gasteiger charge is 2.16. The summed E-state index contributed by atoms with van der Waals surface area (Å²) in [6, 6.07) is 6.92. The molecule has 0 spiro atoms. The van der Waals surface area contributed by atoms with Gasteiger partial charge in [-0.2, -0.15) is 0 Å². The van der Waals surface area contributed by atoms with E-state index in [-0.39, 0.29) is 0 Å². The van der Waals surface area contributed by atoms with Crippen LogP contribution in [0.1, 0.15) is 25.0 Å². The van der Waals surface area contributed by atoms with E-state index >= 15 is 0 Å². The second-order valence-corrected chi connectivity index (χ2v) is 4.39. The molecule has 3 nitrogen and oxygen atoms in total. The quantitative estimate of drug-likeness (QED) is 0.812. The van der Waals surface area contributed by atoms with Gasteiger partial charge in [0.2, 0.25) is 0 Å². The van der Waals surface area contributed by atoms with Crippen LogP contribution < -0.4 is 10.2 Å². The third kappa shape index (κ3) is 2.69. The Morgan fingerprint density at radius 1 is 1.40 bits per heavy atom. The van der Waals surface area contributed by atoms with E-state index in [0.717, 1.165) is 24.1 Å². The third-order valence-electron chi connectivity index (χ3n) is 2.93. The number of nitrogens with one attached hydrogen (secondary N) is 1. The molecule has 3 heteroatoms. The monoisotopic (exact) mass is 205 g/mol. The first-order valence-electron chi connectivity index (χ1n) is 5.62. The molecule has 2 rings (SSSR count). The molecule has 0 unspecified atom stereocenters. The molecular weight excluding hydrogens is 186 g/mol. The first-order valence-corrected chi connectivity index (χ1v) is 5.62.